The van der Waals surface area contributed by atoms with E-state index >= 15 is 0 Å². The van der Waals surface area contributed by atoms with Crippen LogP contribution in [-0.2, 0) is 0 Å². The highest BCUT2D eigenvalue weighted by atomic mass is 14.7. The largest absolute Gasteiger partial charge is 0.264 e. The maximum Gasteiger partial charge on any atom is 0.0754 e. The Labute approximate surface area is 66.3 Å². The summed E-state index contributed by atoms with van der Waals surface area (Å²) >= 11 is 0. The average molecular weight is 146 g/mol. The van der Waals surface area contributed by atoms with Crippen molar-refractivity contribution in [3.8, 4) is 0 Å². The number of aliphatic imine (C=N–C) groups is 1. The molecule has 1 rings (SSSR count). The van der Waals surface area contributed by atoms with Crippen molar-refractivity contribution in [2.45, 2.75) is 6.92 Å². The van der Waals surface area contributed by atoms with Crippen LogP contribution in [0.5, 0.6) is 0 Å². The summed E-state index contributed by atoms with van der Waals surface area (Å²) in [5.74, 6) is 0. The number of rotatable bonds is 2. The highest BCUT2D eigenvalue weighted by Gasteiger charge is 1.98. The third-order valence-corrected chi connectivity index (χ3v) is 1.51. The van der Waals surface area contributed by atoms with Crippen LogP contribution < -0.4 is 0 Å². The summed E-state index contributed by atoms with van der Waals surface area (Å²) in [5.41, 5.74) is 2.83. The summed E-state index contributed by atoms with van der Waals surface area (Å²) in [7, 11) is 0. The summed E-state index contributed by atoms with van der Waals surface area (Å²) in [4.78, 5) is 7.88. The molecule has 0 aliphatic heterocycles. The molecule has 0 fully saturated rings. The number of hydrogen-bond acceptors (Lipinski definition) is 2. The van der Waals surface area contributed by atoms with Gasteiger partial charge in [-0.3, -0.25) is 9.98 Å². The first-order valence-corrected chi connectivity index (χ1v) is 3.33. The molecular formula is C9H10N2. The number of nitrogens with zero attached hydrogens (tertiary/aromatic N) is 2. The Morgan fingerprint density at radius 3 is 2.73 bits per heavy atom. The van der Waals surface area contributed by atoms with E-state index in [1.807, 2.05) is 6.92 Å². The van der Waals surface area contributed by atoms with Gasteiger partial charge >= 0.3 is 0 Å². The number of pyridine rings is 1. The number of hydrogen-bond donors (Lipinski definition) is 0. The van der Waals surface area contributed by atoms with Crippen LogP contribution in [0.15, 0.2) is 24.0 Å². The second-order valence-corrected chi connectivity index (χ2v) is 2.26. The summed E-state index contributed by atoms with van der Waals surface area (Å²) in [6, 6.07) is 0. The second-order valence-electron chi connectivity index (χ2n) is 2.26. The molecule has 11 heavy (non-hydrogen) atoms. The monoisotopic (exact) mass is 146 g/mol. The zero-order valence-electron chi connectivity index (χ0n) is 6.54. The van der Waals surface area contributed by atoms with Crippen molar-refractivity contribution >= 4 is 18.5 Å². The second kappa shape index (κ2) is 3.10. The standard InChI is InChI=1S/C9H10N2/c1-4-8-6-11-5-7(2)9(8)10-3/h4-6H,1,3H2,2H3. The quantitative estimate of drug-likeness (QED) is 0.588. The molecule has 0 unspecified atom stereocenters. The first kappa shape index (κ1) is 7.66. The van der Waals surface area contributed by atoms with Crippen molar-refractivity contribution in [3.05, 3.63) is 30.1 Å². The first-order chi connectivity index (χ1) is 5.29. The predicted molar refractivity (Wildman–Crippen MR) is 48.3 cm³/mol. The Morgan fingerprint density at radius 1 is 1.55 bits per heavy atom. The Balaban J connectivity index is 3.35. The van der Waals surface area contributed by atoms with Gasteiger partial charge in [0, 0.05) is 18.0 Å². The van der Waals surface area contributed by atoms with E-state index in [1.54, 1.807) is 18.5 Å². The van der Waals surface area contributed by atoms with Crippen LogP contribution in [0.25, 0.3) is 6.08 Å². The van der Waals surface area contributed by atoms with Crippen LogP contribution in [0.4, 0.5) is 5.69 Å². The van der Waals surface area contributed by atoms with Crippen LogP contribution >= 0.6 is 0 Å². The highest BCUT2D eigenvalue weighted by molar-refractivity contribution is 5.66. The van der Waals surface area contributed by atoms with E-state index in [2.05, 4.69) is 23.3 Å². The van der Waals surface area contributed by atoms with Crippen molar-refractivity contribution in [1.29, 1.82) is 0 Å². The lowest BCUT2D eigenvalue weighted by molar-refractivity contribution is 1.24. The highest BCUT2D eigenvalue weighted by Crippen LogP contribution is 2.22. The van der Waals surface area contributed by atoms with Crippen molar-refractivity contribution in [2.75, 3.05) is 0 Å². The topological polar surface area (TPSA) is 25.2 Å². The molecule has 0 N–H and O–H groups in total. The SMILES string of the molecule is C=Cc1cncc(C)c1N=C. The molecule has 56 valence electrons. The lowest BCUT2D eigenvalue weighted by Gasteiger charge is -2.01. The third-order valence-electron chi connectivity index (χ3n) is 1.51. The van der Waals surface area contributed by atoms with Gasteiger partial charge in [0.05, 0.1) is 5.69 Å². The van der Waals surface area contributed by atoms with Gasteiger partial charge in [-0.2, -0.15) is 0 Å². The minimum atomic E-state index is 0.870. The van der Waals surface area contributed by atoms with Crippen molar-refractivity contribution in [1.82, 2.24) is 4.98 Å². The molecule has 0 radical (unpaired) electrons. The average Bonchev–Trinajstić information content (AvgIpc) is 2.04. The molecule has 0 aliphatic rings. The zero-order chi connectivity index (χ0) is 8.27. The van der Waals surface area contributed by atoms with Gasteiger partial charge in [-0.15, -0.1) is 0 Å². The lowest BCUT2D eigenvalue weighted by Crippen LogP contribution is -1.81. The molecule has 0 aliphatic carbocycles. The van der Waals surface area contributed by atoms with Crippen molar-refractivity contribution in [2.24, 2.45) is 4.99 Å². The zero-order valence-corrected chi connectivity index (χ0v) is 6.54. The summed E-state index contributed by atoms with van der Waals surface area (Å²) in [5, 5.41) is 0. The van der Waals surface area contributed by atoms with Crippen molar-refractivity contribution < 1.29 is 0 Å². The maximum atomic E-state index is 4.00. The Bertz CT molecular complexity index is 290. The van der Waals surface area contributed by atoms with E-state index in [-0.39, 0.29) is 0 Å². The molecule has 0 spiro atoms. The predicted octanol–water partition coefficient (Wildman–Crippen LogP) is 2.37. The molecule has 0 saturated heterocycles. The van der Waals surface area contributed by atoms with Crippen LogP contribution in [0.2, 0.25) is 0 Å². The Morgan fingerprint density at radius 2 is 2.27 bits per heavy atom. The fraction of sp³-hybridized carbons (Fsp3) is 0.111. The molecule has 0 amide bonds. The van der Waals surface area contributed by atoms with Gasteiger partial charge < -0.3 is 0 Å². The summed E-state index contributed by atoms with van der Waals surface area (Å²) in [6.07, 6.45) is 5.21. The van der Waals surface area contributed by atoms with Crippen LogP contribution in [0.1, 0.15) is 11.1 Å². The number of aryl methyl sites for hydroxylation is 1. The minimum absolute atomic E-state index is 0.870. The van der Waals surface area contributed by atoms with Crippen LogP contribution in [0.3, 0.4) is 0 Å². The van der Waals surface area contributed by atoms with Gasteiger partial charge in [-0.05, 0) is 19.2 Å². The van der Waals surface area contributed by atoms with Gasteiger partial charge in [0.2, 0.25) is 0 Å². The van der Waals surface area contributed by atoms with Crippen LogP contribution in [-0.4, -0.2) is 11.7 Å². The Hall–Kier alpha value is -1.44. The smallest absolute Gasteiger partial charge is 0.0754 e. The Kier molecular flexibility index (Phi) is 2.16. The molecule has 2 nitrogen and oxygen atoms in total. The molecule has 0 aromatic carbocycles. The van der Waals surface area contributed by atoms with E-state index in [4.69, 9.17) is 0 Å². The van der Waals surface area contributed by atoms with E-state index in [0.29, 0.717) is 0 Å². The molecule has 0 bridgehead atoms. The molecule has 1 heterocycles. The number of aromatic nitrogens is 1. The van der Waals surface area contributed by atoms with Crippen LogP contribution in [0, 0.1) is 6.92 Å². The van der Waals surface area contributed by atoms with E-state index in [1.165, 1.54) is 0 Å². The van der Waals surface area contributed by atoms with E-state index < -0.39 is 0 Å². The third kappa shape index (κ3) is 1.34. The van der Waals surface area contributed by atoms with Gasteiger partial charge in [0.15, 0.2) is 0 Å². The normalized spacial score (nSPS) is 9.18. The molecule has 0 saturated carbocycles. The fourth-order valence-electron chi connectivity index (χ4n) is 0.945. The summed E-state index contributed by atoms with van der Waals surface area (Å²) < 4.78 is 0. The molecule has 1 aromatic rings. The minimum Gasteiger partial charge on any atom is -0.264 e. The van der Waals surface area contributed by atoms with E-state index in [0.717, 1.165) is 16.8 Å². The maximum absolute atomic E-state index is 4.00. The van der Waals surface area contributed by atoms with E-state index in [9.17, 15) is 0 Å². The van der Waals surface area contributed by atoms with Gasteiger partial charge in [0.1, 0.15) is 0 Å². The fourth-order valence-corrected chi connectivity index (χ4v) is 0.945. The van der Waals surface area contributed by atoms with Crippen molar-refractivity contribution in [3.63, 3.8) is 0 Å². The first-order valence-electron chi connectivity index (χ1n) is 3.33. The molecule has 1 aromatic heterocycles. The lowest BCUT2D eigenvalue weighted by atomic mass is 10.1. The molecule has 0 atom stereocenters. The molecule has 2 heteroatoms. The summed E-state index contributed by atoms with van der Waals surface area (Å²) in [6.45, 7) is 9.08. The van der Waals surface area contributed by atoms with Gasteiger partial charge in [-0.25, -0.2) is 0 Å². The van der Waals surface area contributed by atoms with Gasteiger partial charge in [-0.1, -0.05) is 12.7 Å². The molecular weight excluding hydrogens is 136 g/mol. The van der Waals surface area contributed by atoms with Gasteiger partial charge in [0.25, 0.3) is 0 Å².